The molecule has 29 heavy (non-hydrogen) atoms. The zero-order valence-corrected chi connectivity index (χ0v) is 16.8. The number of amides is 1. The zero-order valence-electron chi connectivity index (χ0n) is 16.0. The van der Waals surface area contributed by atoms with E-state index in [0.717, 1.165) is 19.4 Å². The number of piperazine rings is 1. The Morgan fingerprint density at radius 3 is 2.72 bits per heavy atom. The molecule has 2 fully saturated rings. The minimum Gasteiger partial charge on any atom is -0.465 e. The number of anilines is 1. The number of halogens is 2. The second kappa shape index (κ2) is 8.11. The highest BCUT2D eigenvalue weighted by Gasteiger charge is 2.26. The van der Waals surface area contributed by atoms with Crippen LogP contribution in [0.15, 0.2) is 6.20 Å². The number of carboxylic acid groups (broad SMARTS) is 1. The van der Waals surface area contributed by atoms with E-state index in [1.807, 2.05) is 11.9 Å². The highest BCUT2D eigenvalue weighted by molar-refractivity contribution is 6.30. The molecule has 0 aromatic carbocycles. The third kappa shape index (κ3) is 3.99. The van der Waals surface area contributed by atoms with Crippen molar-refractivity contribution in [1.29, 1.82) is 0 Å². The van der Waals surface area contributed by atoms with Gasteiger partial charge >= 0.3 is 12.1 Å². The number of fused-ring (bicyclic) bond motifs is 1. The van der Waals surface area contributed by atoms with E-state index < -0.39 is 11.9 Å². The van der Waals surface area contributed by atoms with Crippen LogP contribution in [0.25, 0.3) is 10.9 Å². The van der Waals surface area contributed by atoms with E-state index in [9.17, 15) is 9.18 Å². The molecule has 4 heterocycles. The summed E-state index contributed by atoms with van der Waals surface area (Å²) >= 11 is 5.85. The molecule has 156 valence electrons. The lowest BCUT2D eigenvalue weighted by Crippen LogP contribution is -2.48. The van der Waals surface area contributed by atoms with Gasteiger partial charge in [-0.25, -0.2) is 14.2 Å². The predicted molar refractivity (Wildman–Crippen MR) is 105 cm³/mol. The SMILES string of the molecule is CN1CCCC1COc1nc(N2CCN(C(=O)O)CC2)c2cnc(Cl)c(F)c2n1. The third-order valence-corrected chi connectivity index (χ3v) is 5.79. The highest BCUT2D eigenvalue weighted by Crippen LogP contribution is 2.30. The first-order chi connectivity index (χ1) is 13.9. The first-order valence-electron chi connectivity index (χ1n) is 9.51. The van der Waals surface area contributed by atoms with Crippen molar-refractivity contribution in [2.24, 2.45) is 0 Å². The summed E-state index contributed by atoms with van der Waals surface area (Å²) in [4.78, 5) is 29.2. The number of nitrogens with zero attached hydrogens (tertiary/aromatic N) is 6. The molecule has 2 aromatic heterocycles. The minimum absolute atomic E-state index is 0.0467. The van der Waals surface area contributed by atoms with Crippen LogP contribution in [0.2, 0.25) is 5.15 Å². The van der Waals surface area contributed by atoms with Crippen molar-refractivity contribution in [3.8, 4) is 6.01 Å². The van der Waals surface area contributed by atoms with Crippen molar-refractivity contribution in [3.05, 3.63) is 17.2 Å². The van der Waals surface area contributed by atoms with Gasteiger partial charge in [-0.3, -0.25) is 0 Å². The molecule has 1 atom stereocenters. The molecule has 0 radical (unpaired) electrons. The van der Waals surface area contributed by atoms with Crippen molar-refractivity contribution in [2.45, 2.75) is 18.9 Å². The fraction of sp³-hybridized carbons (Fsp3) is 0.556. The maximum atomic E-state index is 14.6. The average Bonchev–Trinajstić information content (AvgIpc) is 3.13. The summed E-state index contributed by atoms with van der Waals surface area (Å²) in [5, 5.41) is 9.31. The van der Waals surface area contributed by atoms with Crippen LogP contribution in [0.3, 0.4) is 0 Å². The lowest BCUT2D eigenvalue weighted by atomic mass is 10.2. The summed E-state index contributed by atoms with van der Waals surface area (Å²) in [5.74, 6) is -0.252. The van der Waals surface area contributed by atoms with Crippen LogP contribution in [0.5, 0.6) is 6.01 Å². The molecule has 0 saturated carbocycles. The maximum Gasteiger partial charge on any atom is 0.407 e. The Bertz CT molecular complexity index is 924. The molecule has 2 aliphatic heterocycles. The minimum atomic E-state index is -0.957. The topological polar surface area (TPSA) is 94.9 Å². The second-order valence-electron chi connectivity index (χ2n) is 7.30. The van der Waals surface area contributed by atoms with Crippen LogP contribution in [0.1, 0.15) is 12.8 Å². The number of aromatic nitrogens is 3. The van der Waals surface area contributed by atoms with E-state index in [4.69, 9.17) is 21.4 Å². The van der Waals surface area contributed by atoms with Gasteiger partial charge in [-0.1, -0.05) is 11.6 Å². The molecule has 2 saturated heterocycles. The first-order valence-corrected chi connectivity index (χ1v) is 9.89. The Balaban J connectivity index is 1.64. The predicted octanol–water partition coefficient (Wildman–Crippen LogP) is 2.09. The van der Waals surface area contributed by atoms with E-state index in [-0.39, 0.29) is 22.7 Å². The highest BCUT2D eigenvalue weighted by atomic mass is 35.5. The van der Waals surface area contributed by atoms with Crippen LogP contribution in [-0.2, 0) is 0 Å². The largest absolute Gasteiger partial charge is 0.465 e. The number of carbonyl (C=O) groups is 1. The maximum absolute atomic E-state index is 14.6. The molecule has 0 bridgehead atoms. The number of hydrogen-bond donors (Lipinski definition) is 1. The molecule has 4 rings (SSSR count). The third-order valence-electron chi connectivity index (χ3n) is 5.53. The Morgan fingerprint density at radius 2 is 2.07 bits per heavy atom. The summed E-state index contributed by atoms with van der Waals surface area (Å²) in [6.45, 7) is 2.93. The smallest absolute Gasteiger partial charge is 0.407 e. The van der Waals surface area contributed by atoms with Gasteiger partial charge < -0.3 is 24.5 Å². The Labute approximate surface area is 172 Å². The number of rotatable bonds is 4. The van der Waals surface area contributed by atoms with Crippen LogP contribution in [0, 0.1) is 5.82 Å². The zero-order chi connectivity index (χ0) is 20.5. The fourth-order valence-corrected chi connectivity index (χ4v) is 3.91. The molecular weight excluding hydrogens is 403 g/mol. The van der Waals surface area contributed by atoms with E-state index in [1.54, 1.807) is 0 Å². The molecule has 0 spiro atoms. The van der Waals surface area contributed by atoms with Gasteiger partial charge in [0.15, 0.2) is 11.0 Å². The number of likely N-dealkylation sites (N-methyl/N-ethyl adjacent to an activating group) is 1. The average molecular weight is 425 g/mol. The summed E-state index contributed by atoms with van der Waals surface area (Å²) in [6.07, 6.45) is 2.62. The molecule has 0 aliphatic carbocycles. The van der Waals surface area contributed by atoms with E-state index in [0.29, 0.717) is 44.0 Å². The van der Waals surface area contributed by atoms with Crippen LogP contribution in [0.4, 0.5) is 15.0 Å². The van der Waals surface area contributed by atoms with Gasteiger partial charge in [0.1, 0.15) is 17.9 Å². The van der Waals surface area contributed by atoms with Crippen LogP contribution < -0.4 is 9.64 Å². The molecule has 1 unspecified atom stereocenters. The Hall–Kier alpha value is -2.46. The van der Waals surface area contributed by atoms with Gasteiger partial charge in [0.05, 0.1) is 5.39 Å². The lowest BCUT2D eigenvalue weighted by Gasteiger charge is -2.34. The van der Waals surface area contributed by atoms with E-state index in [2.05, 4.69) is 19.9 Å². The molecule has 1 amide bonds. The molecule has 9 nitrogen and oxygen atoms in total. The Morgan fingerprint density at radius 1 is 1.31 bits per heavy atom. The van der Waals surface area contributed by atoms with Crippen molar-refractivity contribution in [1.82, 2.24) is 24.8 Å². The standard InChI is InChI=1S/C18H22ClFN6O3/c1-24-4-2-3-11(24)10-29-17-22-14-12(9-21-15(19)13(14)20)16(23-17)25-5-7-26(8-6-25)18(27)28/h9,11H,2-8,10H2,1H3,(H,27,28). The fourth-order valence-electron chi connectivity index (χ4n) is 3.78. The van der Waals surface area contributed by atoms with Gasteiger partial charge in [0.2, 0.25) is 0 Å². The van der Waals surface area contributed by atoms with Crippen molar-refractivity contribution in [3.63, 3.8) is 0 Å². The Kier molecular flexibility index (Phi) is 5.55. The molecule has 2 aromatic rings. The number of likely N-dealkylation sites (tertiary alicyclic amines) is 1. The molecular formula is C18H22ClFN6O3. The van der Waals surface area contributed by atoms with Gasteiger partial charge in [-0.05, 0) is 26.4 Å². The van der Waals surface area contributed by atoms with E-state index >= 15 is 0 Å². The summed E-state index contributed by atoms with van der Waals surface area (Å²) in [5.41, 5.74) is 0.0467. The first kappa shape index (κ1) is 19.8. The number of hydrogen-bond acceptors (Lipinski definition) is 7. The van der Waals surface area contributed by atoms with Gasteiger partial charge in [0, 0.05) is 38.4 Å². The number of ether oxygens (including phenoxy) is 1. The second-order valence-corrected chi connectivity index (χ2v) is 7.66. The van der Waals surface area contributed by atoms with Crippen molar-refractivity contribution < 1.29 is 19.0 Å². The summed E-state index contributed by atoms with van der Waals surface area (Å²) in [7, 11) is 2.04. The summed E-state index contributed by atoms with van der Waals surface area (Å²) < 4.78 is 20.5. The molecule has 11 heteroatoms. The van der Waals surface area contributed by atoms with Crippen molar-refractivity contribution >= 4 is 34.4 Å². The lowest BCUT2D eigenvalue weighted by molar-refractivity contribution is 0.142. The van der Waals surface area contributed by atoms with E-state index in [1.165, 1.54) is 11.1 Å². The molecule has 2 aliphatic rings. The summed E-state index contributed by atoms with van der Waals surface area (Å²) in [6, 6.07) is 0.345. The van der Waals surface area contributed by atoms with Crippen LogP contribution >= 0.6 is 11.6 Å². The van der Waals surface area contributed by atoms with Crippen LogP contribution in [-0.4, -0.2) is 88.4 Å². The monoisotopic (exact) mass is 424 g/mol. The van der Waals surface area contributed by atoms with Gasteiger partial charge in [0.25, 0.3) is 0 Å². The van der Waals surface area contributed by atoms with Gasteiger partial charge in [-0.15, -0.1) is 0 Å². The quantitative estimate of drug-likeness (QED) is 0.745. The normalized spacial score (nSPS) is 20.4. The van der Waals surface area contributed by atoms with Gasteiger partial charge in [-0.2, -0.15) is 9.97 Å². The number of pyridine rings is 1. The van der Waals surface area contributed by atoms with Crippen molar-refractivity contribution in [2.75, 3.05) is 51.3 Å². The molecule has 1 N–H and O–H groups in total.